The number of nitrogens with zero attached hydrogens (tertiary/aromatic N) is 7. The molecule has 4 heterocycles. The third kappa shape index (κ3) is 4.47. The van der Waals surface area contributed by atoms with Crippen LogP contribution in [0.25, 0.3) is 10.8 Å². The van der Waals surface area contributed by atoms with Gasteiger partial charge in [0.2, 0.25) is 0 Å². The zero-order valence-corrected chi connectivity index (χ0v) is 20.5. The van der Waals surface area contributed by atoms with Crippen LogP contribution in [0.1, 0.15) is 29.4 Å². The van der Waals surface area contributed by atoms with Crippen molar-refractivity contribution in [3.63, 3.8) is 0 Å². The number of anilines is 4. The highest BCUT2D eigenvalue weighted by Crippen LogP contribution is 2.27. The first-order valence-electron chi connectivity index (χ1n) is 11.8. The number of aromatic nitrogens is 5. The Morgan fingerprint density at radius 3 is 2.78 bits per heavy atom. The molecule has 186 valence electrons. The minimum atomic E-state index is -0.669. The van der Waals surface area contributed by atoms with E-state index < -0.39 is 5.91 Å². The lowest BCUT2D eigenvalue weighted by Gasteiger charge is -2.34. The number of nitrogens with one attached hydrogen (secondary N) is 1. The van der Waals surface area contributed by atoms with Crippen molar-refractivity contribution < 1.29 is 4.79 Å². The van der Waals surface area contributed by atoms with Crippen molar-refractivity contribution in [1.29, 1.82) is 0 Å². The molecule has 0 spiro atoms. The van der Waals surface area contributed by atoms with Gasteiger partial charge in [-0.1, -0.05) is 0 Å². The quantitative estimate of drug-likeness (QED) is 0.424. The van der Waals surface area contributed by atoms with Gasteiger partial charge in [-0.15, -0.1) is 0 Å². The molecule has 3 N–H and O–H groups in total. The average Bonchev–Trinajstić information content (AvgIpc) is 3.28. The first-order chi connectivity index (χ1) is 17.3. The molecule has 11 nitrogen and oxygen atoms in total. The fraction of sp³-hybridized carbons (Fsp3) is 0.320. The summed E-state index contributed by atoms with van der Waals surface area (Å²) in [4.78, 5) is 38.4. The van der Waals surface area contributed by atoms with E-state index in [1.807, 2.05) is 54.0 Å². The number of aryl methyl sites for hydroxylation is 1. The van der Waals surface area contributed by atoms with Crippen molar-refractivity contribution in [3.8, 4) is 0 Å². The van der Waals surface area contributed by atoms with Crippen molar-refractivity contribution in [2.45, 2.75) is 18.9 Å². The van der Waals surface area contributed by atoms with Crippen LogP contribution >= 0.6 is 0 Å². The van der Waals surface area contributed by atoms with Crippen molar-refractivity contribution in [3.05, 3.63) is 65.1 Å². The second kappa shape index (κ2) is 9.33. The normalized spacial score (nSPS) is 15.8. The molecular formula is C25H29N9O2. The fourth-order valence-corrected chi connectivity index (χ4v) is 4.63. The number of hydrogen-bond donors (Lipinski definition) is 2. The van der Waals surface area contributed by atoms with Crippen molar-refractivity contribution >= 4 is 39.7 Å². The van der Waals surface area contributed by atoms with Crippen LogP contribution in [-0.2, 0) is 7.05 Å². The van der Waals surface area contributed by atoms with Gasteiger partial charge in [0.15, 0.2) is 11.5 Å². The molecule has 4 aromatic rings. The van der Waals surface area contributed by atoms with Crippen LogP contribution in [0.2, 0.25) is 0 Å². The van der Waals surface area contributed by atoms with E-state index >= 15 is 0 Å². The van der Waals surface area contributed by atoms with Gasteiger partial charge in [0, 0.05) is 57.7 Å². The molecule has 1 aromatic carbocycles. The van der Waals surface area contributed by atoms with Crippen LogP contribution in [0.15, 0.2) is 53.8 Å². The highest BCUT2D eigenvalue weighted by atomic mass is 16.1. The second-order valence-corrected chi connectivity index (χ2v) is 9.25. The molecule has 11 heteroatoms. The van der Waals surface area contributed by atoms with Crippen LogP contribution in [-0.4, -0.2) is 57.4 Å². The van der Waals surface area contributed by atoms with Crippen molar-refractivity contribution in [1.82, 2.24) is 24.3 Å². The third-order valence-corrected chi connectivity index (χ3v) is 6.51. The lowest BCUT2D eigenvalue weighted by molar-refractivity contribution is 0.0996. The molecule has 1 atom stereocenters. The maximum atomic E-state index is 13.4. The van der Waals surface area contributed by atoms with Gasteiger partial charge in [-0.25, -0.2) is 9.97 Å². The topological polar surface area (TPSA) is 127 Å². The number of nitrogens with two attached hydrogens (primary N) is 1. The van der Waals surface area contributed by atoms with E-state index in [0.717, 1.165) is 30.5 Å². The predicted molar refractivity (Wildman–Crippen MR) is 140 cm³/mol. The van der Waals surface area contributed by atoms with Crippen LogP contribution in [0.4, 0.5) is 23.0 Å². The van der Waals surface area contributed by atoms with Gasteiger partial charge in [0.05, 0.1) is 24.1 Å². The highest BCUT2D eigenvalue weighted by molar-refractivity contribution is 5.96. The van der Waals surface area contributed by atoms with Crippen LogP contribution in [0.3, 0.4) is 0 Å². The van der Waals surface area contributed by atoms with Gasteiger partial charge >= 0.3 is 0 Å². The van der Waals surface area contributed by atoms with Gasteiger partial charge in [-0.3, -0.25) is 14.3 Å². The van der Waals surface area contributed by atoms with Crippen molar-refractivity contribution in [2.24, 2.45) is 12.8 Å². The van der Waals surface area contributed by atoms with Crippen LogP contribution in [0, 0.1) is 0 Å². The Kier molecular flexibility index (Phi) is 6.05. The number of fused-ring (bicyclic) bond motifs is 1. The maximum absolute atomic E-state index is 13.4. The molecule has 1 saturated heterocycles. The zero-order chi connectivity index (χ0) is 25.4. The molecule has 1 aliphatic rings. The summed E-state index contributed by atoms with van der Waals surface area (Å²) in [6.45, 7) is 1.36. The van der Waals surface area contributed by atoms with Crippen LogP contribution < -0.4 is 26.4 Å². The van der Waals surface area contributed by atoms with E-state index in [1.54, 1.807) is 30.3 Å². The summed E-state index contributed by atoms with van der Waals surface area (Å²) in [6, 6.07) is 7.88. The molecular weight excluding hydrogens is 458 g/mol. The molecule has 0 radical (unpaired) electrons. The minimum Gasteiger partial charge on any atom is -0.378 e. The number of hydrogen-bond acceptors (Lipinski definition) is 8. The van der Waals surface area contributed by atoms with E-state index in [0.29, 0.717) is 23.4 Å². The maximum Gasteiger partial charge on any atom is 0.271 e. The van der Waals surface area contributed by atoms with Gasteiger partial charge in [-0.05, 0) is 42.5 Å². The Hall–Kier alpha value is -4.41. The fourth-order valence-electron chi connectivity index (χ4n) is 4.63. The summed E-state index contributed by atoms with van der Waals surface area (Å²) in [5, 5.41) is 8.85. The summed E-state index contributed by atoms with van der Waals surface area (Å²) in [5.74, 6) is 0.215. The Bertz CT molecular complexity index is 1490. The molecule has 3 aromatic heterocycles. The van der Waals surface area contributed by atoms with E-state index in [2.05, 4.69) is 25.3 Å². The summed E-state index contributed by atoms with van der Waals surface area (Å²) >= 11 is 0. The number of pyridine rings is 1. The van der Waals surface area contributed by atoms with Gasteiger partial charge in [-0.2, -0.15) is 5.10 Å². The smallest absolute Gasteiger partial charge is 0.271 e. The monoisotopic (exact) mass is 487 g/mol. The number of carbonyl (C=O) groups is 1. The van der Waals surface area contributed by atoms with Crippen LogP contribution in [0.5, 0.6) is 0 Å². The third-order valence-electron chi connectivity index (χ3n) is 6.51. The number of amides is 1. The summed E-state index contributed by atoms with van der Waals surface area (Å²) in [5.41, 5.74) is 7.31. The molecule has 5 rings (SSSR count). The first kappa shape index (κ1) is 23.3. The minimum absolute atomic E-state index is 0.00116. The molecule has 1 aliphatic heterocycles. The van der Waals surface area contributed by atoms with E-state index in [4.69, 9.17) is 5.73 Å². The molecule has 36 heavy (non-hydrogen) atoms. The van der Waals surface area contributed by atoms with E-state index in [1.165, 1.54) is 0 Å². The predicted octanol–water partition coefficient (Wildman–Crippen LogP) is 2.28. The molecule has 0 bridgehead atoms. The molecule has 0 unspecified atom stereocenters. The molecule has 1 amide bonds. The highest BCUT2D eigenvalue weighted by Gasteiger charge is 2.25. The average molecular weight is 488 g/mol. The molecule has 0 saturated carbocycles. The zero-order valence-electron chi connectivity index (χ0n) is 20.5. The SMILES string of the molecule is CN(C)c1ccc2c(=O)n([C@@H]3CCCN(c4cnc(C(N)=O)c(Nc5cnn(C)c5)n4)C3)ccc2c1. The standard InChI is InChI=1S/C25H29N9O2/c1-31(2)18-6-7-20-16(11-18)8-10-34(25(20)36)19-5-4-9-33(15-19)21-13-27-22(23(26)35)24(30-21)29-17-12-28-32(3)14-17/h6-8,10-14,19H,4-5,9,15H2,1-3H3,(H2,26,35)(H,29,30)/t19-/m1/s1. The van der Waals surface area contributed by atoms with E-state index in [9.17, 15) is 9.59 Å². The Balaban J connectivity index is 1.43. The molecule has 0 aliphatic carbocycles. The summed E-state index contributed by atoms with van der Waals surface area (Å²) < 4.78 is 3.46. The summed E-state index contributed by atoms with van der Waals surface area (Å²) in [6.07, 6.45) is 8.61. The number of primary amides is 1. The number of rotatable bonds is 6. The largest absolute Gasteiger partial charge is 0.378 e. The summed E-state index contributed by atoms with van der Waals surface area (Å²) in [7, 11) is 5.76. The number of carbonyl (C=O) groups excluding carboxylic acids is 1. The lowest BCUT2D eigenvalue weighted by Crippen LogP contribution is -2.40. The Morgan fingerprint density at radius 2 is 2.06 bits per heavy atom. The van der Waals surface area contributed by atoms with Gasteiger partial charge < -0.3 is 25.4 Å². The van der Waals surface area contributed by atoms with Gasteiger partial charge in [0.25, 0.3) is 11.5 Å². The van der Waals surface area contributed by atoms with Gasteiger partial charge in [0.1, 0.15) is 5.82 Å². The number of piperidine rings is 1. The Labute approximate surface area is 208 Å². The first-order valence-corrected chi connectivity index (χ1v) is 11.8. The molecule has 1 fully saturated rings. The van der Waals surface area contributed by atoms with E-state index in [-0.39, 0.29) is 23.1 Å². The van der Waals surface area contributed by atoms with Crippen molar-refractivity contribution in [2.75, 3.05) is 42.3 Å². The Morgan fingerprint density at radius 1 is 1.22 bits per heavy atom. The number of benzene rings is 1. The second-order valence-electron chi connectivity index (χ2n) is 9.25. The lowest BCUT2D eigenvalue weighted by atomic mass is 10.0.